The fraction of sp³-hybridized carbons (Fsp3) is 0.941. The average molecular weight is 665 g/mol. The van der Waals surface area contributed by atoms with Gasteiger partial charge in [-0.1, -0.05) is 156 Å². The first-order valence-electron chi connectivity index (χ1n) is 17.4. The van der Waals surface area contributed by atoms with Crippen molar-refractivity contribution in [3.05, 3.63) is 0 Å². The summed E-state index contributed by atoms with van der Waals surface area (Å²) in [6, 6.07) is 0. The van der Waals surface area contributed by atoms with Crippen LogP contribution in [-0.2, 0) is 42.3 Å². The Morgan fingerprint density at radius 2 is 0.537 bits per heavy atom. The molecule has 4 nitrogen and oxygen atoms in total. The number of unbranched alkanes of at least 4 members (excludes halogenated alkanes) is 20. The van der Waals surface area contributed by atoms with Gasteiger partial charge in [-0.25, -0.2) is 0 Å². The summed E-state index contributed by atoms with van der Waals surface area (Å²) in [6.07, 6.45) is 30.4. The third kappa shape index (κ3) is 36.0. The molecule has 0 aromatic rings. The molecule has 0 aromatic heterocycles. The Kier molecular flexibility index (Phi) is 41.9. The van der Waals surface area contributed by atoms with Crippen molar-refractivity contribution in [2.75, 3.05) is 26.2 Å². The van der Waals surface area contributed by atoms with Gasteiger partial charge < -0.3 is 44.6 Å². The van der Waals surface area contributed by atoms with Crippen molar-refractivity contribution in [2.24, 2.45) is 0 Å². The Balaban J connectivity index is -0.000000688. The number of carbonyl (C=O) groups is 2. The normalized spacial score (nSPS) is 10.4. The van der Waals surface area contributed by atoms with Crippen LogP contribution in [0.2, 0.25) is 0 Å². The summed E-state index contributed by atoms with van der Waals surface area (Å²) in [5.74, 6) is 0. The standard InChI is InChI=1S/2C17H35NOS.Cu/c2*1-3-5-7-9-11-13-15-18(17(19)20)16-14-12-10-8-6-4-2;/h2*3-16H2,1-2H3,(H,19,20);/q;;+2/p-2. The molecule has 0 aliphatic rings. The maximum atomic E-state index is 11.4. The minimum atomic E-state index is -0.160. The summed E-state index contributed by atoms with van der Waals surface area (Å²) < 4.78 is 0. The van der Waals surface area contributed by atoms with Gasteiger partial charge >= 0.3 is 17.1 Å². The Morgan fingerprint density at radius 3 is 0.707 bits per heavy atom. The second-order valence-electron chi connectivity index (χ2n) is 11.6. The van der Waals surface area contributed by atoms with Gasteiger partial charge in [0.15, 0.2) is 0 Å². The number of hydrogen-bond donors (Lipinski definition) is 0. The van der Waals surface area contributed by atoms with E-state index in [1.807, 2.05) is 9.80 Å². The first-order valence-corrected chi connectivity index (χ1v) is 18.2. The predicted octanol–water partition coefficient (Wildman–Crippen LogP) is 11.4. The van der Waals surface area contributed by atoms with E-state index in [1.165, 1.54) is 128 Å². The molecule has 0 unspecified atom stereocenters. The SMILES string of the molecule is CCCCCCCCN(CCCCCCCC)C(=O)[S-].CCCCCCCCN(CCCCCCCC)C(=O)[S-].[Cu+2]. The van der Waals surface area contributed by atoms with E-state index in [1.54, 1.807) is 0 Å². The van der Waals surface area contributed by atoms with Gasteiger partial charge in [0.25, 0.3) is 0 Å². The van der Waals surface area contributed by atoms with E-state index in [2.05, 4.69) is 27.7 Å². The van der Waals surface area contributed by atoms with Crippen LogP contribution >= 0.6 is 0 Å². The van der Waals surface area contributed by atoms with Gasteiger partial charge in [-0.3, -0.25) is 0 Å². The van der Waals surface area contributed by atoms with Gasteiger partial charge in [-0.05, 0) is 25.7 Å². The number of nitrogens with zero attached hydrogens (tertiary/aromatic N) is 2. The van der Waals surface area contributed by atoms with Crippen molar-refractivity contribution in [3.63, 3.8) is 0 Å². The molecule has 0 aliphatic carbocycles. The largest absolute Gasteiger partial charge is 2.00 e. The smallest absolute Gasteiger partial charge is 0.719 e. The van der Waals surface area contributed by atoms with Gasteiger partial charge in [0.05, 0.1) is 0 Å². The van der Waals surface area contributed by atoms with Crippen molar-refractivity contribution >= 4 is 35.7 Å². The van der Waals surface area contributed by atoms with E-state index in [0.717, 1.165) is 51.9 Å². The van der Waals surface area contributed by atoms with Gasteiger partial charge in [-0.15, -0.1) is 0 Å². The number of hydrogen-bond acceptors (Lipinski definition) is 4. The molecule has 0 bridgehead atoms. The van der Waals surface area contributed by atoms with Gasteiger partial charge in [0, 0.05) is 26.2 Å². The van der Waals surface area contributed by atoms with Crippen LogP contribution in [0.3, 0.4) is 0 Å². The monoisotopic (exact) mass is 663 g/mol. The molecule has 1 radical (unpaired) electrons. The van der Waals surface area contributed by atoms with Crippen molar-refractivity contribution in [2.45, 2.75) is 182 Å². The molecule has 0 saturated heterocycles. The summed E-state index contributed by atoms with van der Waals surface area (Å²) in [5, 5.41) is -0.320. The van der Waals surface area contributed by atoms with Gasteiger partial charge in [0.2, 0.25) is 0 Å². The summed E-state index contributed by atoms with van der Waals surface area (Å²) in [4.78, 5) is 26.6. The maximum absolute atomic E-state index is 11.4. The zero-order chi connectivity index (χ0) is 30.1. The van der Waals surface area contributed by atoms with E-state index in [4.69, 9.17) is 25.3 Å². The molecule has 0 rings (SSSR count). The zero-order valence-corrected chi connectivity index (χ0v) is 30.2. The number of amides is 2. The Bertz CT molecular complexity index is 463. The molecule has 0 atom stereocenters. The van der Waals surface area contributed by atoms with E-state index < -0.39 is 0 Å². The van der Waals surface area contributed by atoms with E-state index in [-0.39, 0.29) is 27.5 Å². The molecular weight excluding hydrogens is 596 g/mol. The molecule has 0 fully saturated rings. The van der Waals surface area contributed by atoms with Crippen LogP contribution < -0.4 is 0 Å². The van der Waals surface area contributed by atoms with Crippen molar-refractivity contribution in [1.82, 2.24) is 9.80 Å². The van der Waals surface area contributed by atoms with Crippen molar-refractivity contribution in [1.29, 1.82) is 0 Å². The first kappa shape index (κ1) is 45.3. The van der Waals surface area contributed by atoms with Crippen LogP contribution in [-0.4, -0.2) is 46.5 Å². The minimum Gasteiger partial charge on any atom is -0.719 e. The Hall–Kier alpha value is -0.101. The fourth-order valence-corrected chi connectivity index (χ4v) is 5.29. The molecule has 0 N–H and O–H groups in total. The quantitative estimate of drug-likeness (QED) is 0.0474. The second kappa shape index (κ2) is 37.9. The summed E-state index contributed by atoms with van der Waals surface area (Å²) in [6.45, 7) is 12.4. The molecule has 0 heterocycles. The van der Waals surface area contributed by atoms with Crippen LogP contribution in [0.4, 0.5) is 9.59 Å². The van der Waals surface area contributed by atoms with Crippen LogP contribution in [0.25, 0.3) is 0 Å². The van der Waals surface area contributed by atoms with E-state index in [9.17, 15) is 9.59 Å². The summed E-state index contributed by atoms with van der Waals surface area (Å²) >= 11 is 9.65. The third-order valence-electron chi connectivity index (χ3n) is 7.64. The van der Waals surface area contributed by atoms with E-state index in [0.29, 0.717) is 0 Å². The maximum Gasteiger partial charge on any atom is 2.00 e. The molecule has 0 saturated carbocycles. The molecule has 0 aliphatic heterocycles. The van der Waals surface area contributed by atoms with Crippen molar-refractivity contribution in [3.8, 4) is 0 Å². The second-order valence-corrected chi connectivity index (χ2v) is 12.3. The van der Waals surface area contributed by atoms with Crippen LogP contribution in [0.5, 0.6) is 0 Å². The third-order valence-corrected chi connectivity index (χ3v) is 8.16. The number of rotatable bonds is 28. The first-order chi connectivity index (χ1) is 19.4. The van der Waals surface area contributed by atoms with E-state index >= 15 is 0 Å². The fourth-order valence-electron chi connectivity index (χ4n) is 4.92. The topological polar surface area (TPSA) is 40.6 Å². The average Bonchev–Trinajstić information content (AvgIpc) is 2.93. The molecule has 249 valence electrons. The number of carbonyl (C=O) groups excluding carboxylic acids is 2. The summed E-state index contributed by atoms with van der Waals surface area (Å²) in [5.41, 5.74) is 0. The molecule has 0 aromatic carbocycles. The molecule has 41 heavy (non-hydrogen) atoms. The molecular formula is C34H68CuN2O2S2. The minimum absolute atomic E-state index is 0. The van der Waals surface area contributed by atoms with Crippen molar-refractivity contribution < 1.29 is 26.7 Å². The molecule has 2 amide bonds. The predicted molar refractivity (Wildman–Crippen MR) is 182 cm³/mol. The van der Waals surface area contributed by atoms with Gasteiger partial charge in [-0.2, -0.15) is 0 Å². The molecule has 7 heteroatoms. The van der Waals surface area contributed by atoms with Crippen LogP contribution in [0, 0.1) is 0 Å². The van der Waals surface area contributed by atoms with Crippen LogP contribution in [0.15, 0.2) is 0 Å². The van der Waals surface area contributed by atoms with Gasteiger partial charge in [0.1, 0.15) is 10.5 Å². The Labute approximate surface area is 279 Å². The molecule has 0 spiro atoms. The zero-order valence-electron chi connectivity index (χ0n) is 27.6. The Morgan fingerprint density at radius 1 is 0.366 bits per heavy atom. The summed E-state index contributed by atoms with van der Waals surface area (Å²) in [7, 11) is 0. The van der Waals surface area contributed by atoms with Crippen LogP contribution in [0.1, 0.15) is 182 Å².